The highest BCUT2D eigenvalue weighted by molar-refractivity contribution is 5.82. The van der Waals surface area contributed by atoms with Crippen LogP contribution in [0, 0.1) is 11.6 Å². The second kappa shape index (κ2) is 8.46. The highest BCUT2D eigenvalue weighted by Crippen LogP contribution is 2.29. The lowest BCUT2D eigenvalue weighted by Gasteiger charge is -2.29. The van der Waals surface area contributed by atoms with Gasteiger partial charge in [-0.3, -0.25) is 4.79 Å². The van der Waals surface area contributed by atoms with Crippen LogP contribution in [-0.4, -0.2) is 42.4 Å². The topological polar surface area (TPSA) is 57.6 Å². The Bertz CT molecular complexity index is 486. The molecule has 0 aromatic heterocycles. The SMILES string of the molecule is CN1CCC(c2cc(F)ccc2F)CC1.O=CCC(=O)O. The van der Waals surface area contributed by atoms with Crippen molar-refractivity contribution in [3.05, 3.63) is 35.4 Å². The Kier molecular flexibility index (Phi) is 6.94. The van der Waals surface area contributed by atoms with Crippen molar-refractivity contribution < 1.29 is 23.5 Å². The minimum atomic E-state index is -1.08. The van der Waals surface area contributed by atoms with Crippen molar-refractivity contribution in [2.24, 2.45) is 0 Å². The van der Waals surface area contributed by atoms with Crippen LogP contribution in [0.4, 0.5) is 8.78 Å². The molecule has 116 valence electrons. The Morgan fingerprint density at radius 1 is 1.38 bits per heavy atom. The van der Waals surface area contributed by atoms with Crippen molar-refractivity contribution in [1.29, 1.82) is 0 Å². The number of nitrogens with zero attached hydrogens (tertiary/aromatic N) is 1. The maximum Gasteiger partial charge on any atom is 0.310 e. The third kappa shape index (κ3) is 5.99. The fraction of sp³-hybridized carbons (Fsp3) is 0.467. The molecular formula is C15H19F2NO3. The van der Waals surface area contributed by atoms with E-state index in [2.05, 4.69) is 11.9 Å². The molecule has 0 atom stereocenters. The number of piperidine rings is 1. The Balaban J connectivity index is 0.000000315. The lowest BCUT2D eigenvalue weighted by atomic mass is 9.89. The monoisotopic (exact) mass is 299 g/mol. The molecule has 1 aromatic carbocycles. The molecule has 2 rings (SSSR count). The lowest BCUT2D eigenvalue weighted by molar-refractivity contribution is -0.138. The van der Waals surface area contributed by atoms with Gasteiger partial charge in [0, 0.05) is 0 Å². The van der Waals surface area contributed by atoms with E-state index in [0.717, 1.165) is 25.9 Å². The van der Waals surface area contributed by atoms with Crippen molar-refractivity contribution >= 4 is 12.3 Å². The molecule has 4 nitrogen and oxygen atoms in total. The number of carbonyl (C=O) groups excluding carboxylic acids is 1. The van der Waals surface area contributed by atoms with Gasteiger partial charge in [0.2, 0.25) is 0 Å². The van der Waals surface area contributed by atoms with Crippen molar-refractivity contribution in [1.82, 2.24) is 4.90 Å². The minimum Gasteiger partial charge on any atom is -0.481 e. The van der Waals surface area contributed by atoms with Crippen LogP contribution >= 0.6 is 0 Å². The quantitative estimate of drug-likeness (QED) is 0.688. The first-order valence-electron chi connectivity index (χ1n) is 6.73. The molecule has 6 heteroatoms. The van der Waals surface area contributed by atoms with Gasteiger partial charge in [-0.2, -0.15) is 0 Å². The summed E-state index contributed by atoms with van der Waals surface area (Å²) in [5.74, 6) is -1.52. The van der Waals surface area contributed by atoms with E-state index in [1.165, 1.54) is 18.2 Å². The summed E-state index contributed by atoms with van der Waals surface area (Å²) in [4.78, 5) is 20.8. The van der Waals surface area contributed by atoms with Crippen molar-refractivity contribution in [3.63, 3.8) is 0 Å². The molecule has 0 aliphatic carbocycles. The van der Waals surface area contributed by atoms with Gasteiger partial charge in [-0.1, -0.05) is 0 Å². The molecule has 1 heterocycles. The van der Waals surface area contributed by atoms with E-state index in [1.807, 2.05) is 0 Å². The maximum atomic E-state index is 13.5. The lowest BCUT2D eigenvalue weighted by Crippen LogP contribution is -2.29. The number of aliphatic carboxylic acids is 1. The van der Waals surface area contributed by atoms with Gasteiger partial charge in [0.25, 0.3) is 0 Å². The van der Waals surface area contributed by atoms with Crippen LogP contribution < -0.4 is 0 Å². The van der Waals surface area contributed by atoms with Crippen LogP contribution in [0.2, 0.25) is 0 Å². The molecule has 1 saturated heterocycles. The van der Waals surface area contributed by atoms with Crippen molar-refractivity contribution in [2.75, 3.05) is 20.1 Å². The number of rotatable bonds is 3. The molecule has 1 aliphatic heterocycles. The number of aldehydes is 1. The molecule has 0 unspecified atom stereocenters. The fourth-order valence-corrected chi connectivity index (χ4v) is 2.22. The number of carboxylic acids is 1. The average Bonchev–Trinajstić information content (AvgIpc) is 2.43. The van der Waals surface area contributed by atoms with E-state index in [9.17, 15) is 18.4 Å². The van der Waals surface area contributed by atoms with Gasteiger partial charge >= 0.3 is 5.97 Å². The van der Waals surface area contributed by atoms with Gasteiger partial charge < -0.3 is 14.8 Å². The summed E-state index contributed by atoms with van der Waals surface area (Å²) in [7, 11) is 2.05. The van der Waals surface area contributed by atoms with Crippen LogP contribution in [0.3, 0.4) is 0 Å². The van der Waals surface area contributed by atoms with Crippen molar-refractivity contribution in [2.45, 2.75) is 25.2 Å². The molecule has 0 amide bonds. The zero-order valence-electron chi connectivity index (χ0n) is 11.9. The predicted octanol–water partition coefficient (Wildman–Crippen LogP) is 2.43. The number of carbonyl (C=O) groups is 2. The average molecular weight is 299 g/mol. The molecule has 0 spiro atoms. The zero-order valence-corrected chi connectivity index (χ0v) is 11.9. The smallest absolute Gasteiger partial charge is 0.310 e. The Labute approximate surface area is 122 Å². The van der Waals surface area contributed by atoms with Crippen LogP contribution in [0.15, 0.2) is 18.2 Å². The first kappa shape index (κ1) is 17.2. The number of hydrogen-bond donors (Lipinski definition) is 1. The van der Waals surface area contributed by atoms with Crippen LogP contribution in [0.25, 0.3) is 0 Å². The maximum absolute atomic E-state index is 13.5. The number of halogens is 2. The van der Waals surface area contributed by atoms with Crippen molar-refractivity contribution in [3.8, 4) is 0 Å². The zero-order chi connectivity index (χ0) is 15.8. The summed E-state index contributed by atoms with van der Waals surface area (Å²) >= 11 is 0. The number of hydrogen-bond acceptors (Lipinski definition) is 3. The second-order valence-electron chi connectivity index (χ2n) is 5.01. The number of carboxylic acid groups (broad SMARTS) is 1. The van der Waals surface area contributed by atoms with Gasteiger partial charge in [-0.05, 0) is 62.7 Å². The van der Waals surface area contributed by atoms with Crippen LogP contribution in [0.1, 0.15) is 30.7 Å². The Morgan fingerprint density at radius 2 is 2.00 bits per heavy atom. The summed E-state index contributed by atoms with van der Waals surface area (Å²) in [6, 6.07) is 3.74. The van der Waals surface area contributed by atoms with E-state index < -0.39 is 5.97 Å². The van der Waals surface area contributed by atoms with Gasteiger partial charge in [-0.15, -0.1) is 0 Å². The van der Waals surface area contributed by atoms with E-state index >= 15 is 0 Å². The van der Waals surface area contributed by atoms with Crippen LogP contribution in [-0.2, 0) is 9.59 Å². The molecule has 0 radical (unpaired) electrons. The first-order chi connectivity index (χ1) is 9.93. The largest absolute Gasteiger partial charge is 0.481 e. The summed E-state index contributed by atoms with van der Waals surface area (Å²) in [6.45, 7) is 1.92. The molecule has 21 heavy (non-hydrogen) atoms. The molecule has 1 fully saturated rings. The third-order valence-corrected chi connectivity index (χ3v) is 3.37. The highest BCUT2D eigenvalue weighted by Gasteiger charge is 2.21. The van der Waals surface area contributed by atoms with Gasteiger partial charge in [0.05, 0.1) is 0 Å². The summed E-state index contributed by atoms with van der Waals surface area (Å²) in [6.07, 6.45) is 1.79. The van der Waals surface area contributed by atoms with E-state index in [0.29, 0.717) is 11.8 Å². The van der Waals surface area contributed by atoms with E-state index in [1.54, 1.807) is 0 Å². The molecule has 0 saturated carbocycles. The standard InChI is InChI=1S/C12H15F2N.C3H4O3/c1-15-6-4-9(5-7-15)11-8-10(13)2-3-12(11)14;4-2-1-3(5)6/h2-3,8-9H,4-7H2,1H3;2H,1H2,(H,5,6). The highest BCUT2D eigenvalue weighted by atomic mass is 19.1. The van der Waals surface area contributed by atoms with Gasteiger partial charge in [0.15, 0.2) is 0 Å². The fourth-order valence-electron chi connectivity index (χ4n) is 2.22. The predicted molar refractivity (Wildman–Crippen MR) is 74.1 cm³/mol. The van der Waals surface area contributed by atoms with E-state index in [4.69, 9.17) is 5.11 Å². The summed E-state index contributed by atoms with van der Waals surface area (Å²) in [5.41, 5.74) is 0.545. The summed E-state index contributed by atoms with van der Waals surface area (Å²) in [5, 5.41) is 7.68. The number of likely N-dealkylation sites (tertiary alicyclic amines) is 1. The molecule has 1 N–H and O–H groups in total. The minimum absolute atomic E-state index is 0.178. The summed E-state index contributed by atoms with van der Waals surface area (Å²) < 4.78 is 26.5. The second-order valence-corrected chi connectivity index (χ2v) is 5.01. The van der Waals surface area contributed by atoms with Gasteiger partial charge in [-0.25, -0.2) is 8.78 Å². The molecular weight excluding hydrogens is 280 g/mol. The molecule has 1 aliphatic rings. The van der Waals surface area contributed by atoms with Gasteiger partial charge in [0.1, 0.15) is 24.3 Å². The molecule has 0 bridgehead atoms. The normalized spacial score (nSPS) is 16.0. The molecule has 1 aromatic rings. The third-order valence-electron chi connectivity index (χ3n) is 3.37. The van der Waals surface area contributed by atoms with E-state index in [-0.39, 0.29) is 24.0 Å². The Hall–Kier alpha value is -1.82. The first-order valence-corrected chi connectivity index (χ1v) is 6.73. The Morgan fingerprint density at radius 3 is 2.48 bits per heavy atom. The van der Waals surface area contributed by atoms with Crippen LogP contribution in [0.5, 0.6) is 0 Å². The number of benzene rings is 1.